The largest absolute Gasteiger partial charge is 0.409 e. The molecule has 20 heavy (non-hydrogen) atoms. The molecule has 1 aromatic carbocycles. The van der Waals surface area contributed by atoms with Crippen LogP contribution in [0.15, 0.2) is 23.4 Å². The molecule has 1 saturated heterocycles. The van der Waals surface area contributed by atoms with E-state index < -0.39 is 0 Å². The van der Waals surface area contributed by atoms with Crippen LogP contribution in [0, 0.1) is 5.92 Å². The molecule has 0 aromatic heterocycles. The third kappa shape index (κ3) is 3.20. The lowest BCUT2D eigenvalue weighted by molar-refractivity contribution is -0.119. The van der Waals surface area contributed by atoms with Crippen molar-refractivity contribution in [3.8, 4) is 0 Å². The van der Waals surface area contributed by atoms with Gasteiger partial charge in [0.25, 0.3) is 0 Å². The van der Waals surface area contributed by atoms with Crippen molar-refractivity contribution in [2.45, 2.75) is 19.4 Å². The van der Waals surface area contributed by atoms with E-state index >= 15 is 0 Å². The predicted octanol–water partition coefficient (Wildman–Crippen LogP) is 1.80. The summed E-state index contributed by atoms with van der Waals surface area (Å²) in [5.74, 6) is -0.458. The highest BCUT2D eigenvalue weighted by atomic mass is 35.5. The zero-order valence-electron chi connectivity index (χ0n) is 11.0. The van der Waals surface area contributed by atoms with E-state index in [2.05, 4.69) is 10.5 Å². The Morgan fingerprint density at radius 2 is 2.35 bits per heavy atom. The van der Waals surface area contributed by atoms with Crippen molar-refractivity contribution in [2.75, 3.05) is 11.9 Å². The molecule has 2 atom stereocenters. The smallest absolute Gasteiger partial charge is 0.229 e. The van der Waals surface area contributed by atoms with Crippen LogP contribution >= 0.6 is 11.6 Å². The summed E-state index contributed by atoms with van der Waals surface area (Å²) in [5.41, 5.74) is 6.41. The second-order valence-corrected chi connectivity index (χ2v) is 5.18. The second-order valence-electron chi connectivity index (χ2n) is 4.74. The number of hydrogen-bond acceptors (Lipinski definition) is 4. The van der Waals surface area contributed by atoms with E-state index in [0.717, 1.165) is 0 Å². The molecule has 0 aliphatic carbocycles. The Bertz CT molecular complexity index is 548. The number of hydrogen-bond donors (Lipinski definition) is 3. The normalized spacial score (nSPS) is 22.8. The first-order valence-corrected chi connectivity index (χ1v) is 6.59. The van der Waals surface area contributed by atoms with Gasteiger partial charge in [0.05, 0.1) is 24.3 Å². The van der Waals surface area contributed by atoms with Crippen molar-refractivity contribution in [3.05, 3.63) is 28.8 Å². The minimum Gasteiger partial charge on any atom is -0.409 e. The maximum absolute atomic E-state index is 12.2. The van der Waals surface area contributed by atoms with E-state index in [-0.39, 0.29) is 23.8 Å². The first kappa shape index (κ1) is 14.6. The van der Waals surface area contributed by atoms with Crippen LogP contribution in [0.25, 0.3) is 0 Å². The van der Waals surface area contributed by atoms with Crippen molar-refractivity contribution in [3.63, 3.8) is 0 Å². The van der Waals surface area contributed by atoms with Gasteiger partial charge in [0.15, 0.2) is 5.84 Å². The van der Waals surface area contributed by atoms with Gasteiger partial charge in [-0.15, -0.1) is 0 Å². The number of nitrogens with zero attached hydrogens (tertiary/aromatic N) is 1. The van der Waals surface area contributed by atoms with Gasteiger partial charge in [-0.2, -0.15) is 0 Å². The van der Waals surface area contributed by atoms with Crippen LogP contribution in [0.1, 0.15) is 18.9 Å². The molecule has 1 aliphatic heterocycles. The van der Waals surface area contributed by atoms with Crippen LogP contribution in [0.5, 0.6) is 0 Å². The van der Waals surface area contributed by atoms with E-state index in [1.807, 2.05) is 6.92 Å². The van der Waals surface area contributed by atoms with Gasteiger partial charge in [0.1, 0.15) is 0 Å². The molecule has 7 heteroatoms. The van der Waals surface area contributed by atoms with Gasteiger partial charge in [-0.3, -0.25) is 4.79 Å². The Kier molecular flexibility index (Phi) is 4.46. The number of benzene rings is 1. The Morgan fingerprint density at radius 3 is 2.95 bits per heavy atom. The molecule has 0 saturated carbocycles. The first-order chi connectivity index (χ1) is 9.51. The molecule has 2 unspecified atom stereocenters. The zero-order valence-corrected chi connectivity index (χ0v) is 11.7. The fraction of sp³-hybridized carbons (Fsp3) is 0.385. The van der Waals surface area contributed by atoms with Gasteiger partial charge < -0.3 is 21.0 Å². The Morgan fingerprint density at radius 1 is 1.60 bits per heavy atom. The van der Waals surface area contributed by atoms with Gasteiger partial charge in [-0.1, -0.05) is 16.8 Å². The Labute approximate surface area is 121 Å². The van der Waals surface area contributed by atoms with Gasteiger partial charge in [0.2, 0.25) is 5.91 Å². The molecule has 1 aromatic rings. The fourth-order valence-corrected chi connectivity index (χ4v) is 2.30. The summed E-state index contributed by atoms with van der Waals surface area (Å²) in [6.07, 6.45) is 0.749. The number of nitrogens with one attached hydrogen (secondary N) is 1. The lowest BCUT2D eigenvalue weighted by Gasteiger charge is -2.13. The number of carbonyl (C=O) groups is 1. The van der Waals surface area contributed by atoms with Crippen molar-refractivity contribution < 1.29 is 14.7 Å². The number of oxime groups is 1. The maximum Gasteiger partial charge on any atom is 0.229 e. The molecular formula is C13H16ClN3O3. The molecular weight excluding hydrogens is 282 g/mol. The van der Waals surface area contributed by atoms with Crippen LogP contribution in [0.4, 0.5) is 5.69 Å². The molecule has 2 rings (SSSR count). The van der Waals surface area contributed by atoms with E-state index in [4.69, 9.17) is 27.3 Å². The fourth-order valence-electron chi connectivity index (χ4n) is 2.13. The van der Waals surface area contributed by atoms with Crippen LogP contribution in [-0.4, -0.2) is 29.7 Å². The Hall–Kier alpha value is -1.79. The molecule has 4 N–H and O–H groups in total. The number of nitrogens with two attached hydrogens (primary N) is 1. The summed E-state index contributed by atoms with van der Waals surface area (Å²) in [6.45, 7) is 2.32. The molecule has 1 amide bonds. The lowest BCUT2D eigenvalue weighted by atomic mass is 10.0. The highest BCUT2D eigenvalue weighted by molar-refractivity contribution is 6.31. The summed E-state index contributed by atoms with van der Waals surface area (Å²) in [7, 11) is 0. The standard InChI is InChI=1S/C13H16ClN3O3/c1-7-4-8(6-20-7)13(18)16-11-5-9(14)2-3-10(11)12(15)17-19/h2-3,5,7-8,19H,4,6H2,1H3,(H2,15,17)(H,16,18). The number of amidine groups is 1. The van der Waals surface area contributed by atoms with Crippen molar-refractivity contribution in [1.82, 2.24) is 0 Å². The van der Waals surface area contributed by atoms with Crippen LogP contribution in [0.3, 0.4) is 0 Å². The number of ether oxygens (including phenoxy) is 1. The summed E-state index contributed by atoms with van der Waals surface area (Å²) in [5, 5.41) is 14.9. The summed E-state index contributed by atoms with van der Waals surface area (Å²) < 4.78 is 5.37. The highest BCUT2D eigenvalue weighted by Gasteiger charge is 2.28. The van der Waals surface area contributed by atoms with E-state index in [9.17, 15) is 4.79 Å². The predicted molar refractivity (Wildman–Crippen MR) is 76.1 cm³/mol. The number of halogens is 1. The third-order valence-corrected chi connectivity index (χ3v) is 3.43. The van der Waals surface area contributed by atoms with E-state index in [1.54, 1.807) is 18.2 Å². The van der Waals surface area contributed by atoms with Gasteiger partial charge in [-0.25, -0.2) is 0 Å². The quantitative estimate of drug-likeness (QED) is 0.343. The van der Waals surface area contributed by atoms with E-state index in [1.165, 1.54) is 0 Å². The zero-order chi connectivity index (χ0) is 14.7. The minimum absolute atomic E-state index is 0.0775. The summed E-state index contributed by atoms with van der Waals surface area (Å²) in [6, 6.07) is 4.75. The van der Waals surface area contributed by atoms with Crippen LogP contribution < -0.4 is 11.1 Å². The average Bonchev–Trinajstić information content (AvgIpc) is 2.85. The summed E-state index contributed by atoms with van der Waals surface area (Å²) >= 11 is 5.91. The molecule has 1 heterocycles. The van der Waals surface area contributed by atoms with Gasteiger partial charge in [0, 0.05) is 10.6 Å². The van der Waals surface area contributed by atoms with E-state index in [0.29, 0.717) is 29.3 Å². The molecule has 1 fully saturated rings. The lowest BCUT2D eigenvalue weighted by Crippen LogP contribution is -2.25. The SMILES string of the molecule is CC1CC(C(=O)Nc2cc(Cl)ccc2/C(N)=N/O)CO1. The van der Waals surface area contributed by atoms with Crippen LogP contribution in [0.2, 0.25) is 5.02 Å². The van der Waals surface area contributed by atoms with Crippen molar-refractivity contribution >= 4 is 29.0 Å². The highest BCUT2D eigenvalue weighted by Crippen LogP contribution is 2.24. The Balaban J connectivity index is 2.20. The maximum atomic E-state index is 12.2. The van der Waals surface area contributed by atoms with Gasteiger partial charge >= 0.3 is 0 Å². The number of rotatable bonds is 3. The topological polar surface area (TPSA) is 96.9 Å². The van der Waals surface area contributed by atoms with Crippen molar-refractivity contribution in [1.29, 1.82) is 0 Å². The first-order valence-electron chi connectivity index (χ1n) is 6.21. The molecule has 0 spiro atoms. The number of anilines is 1. The van der Waals surface area contributed by atoms with Gasteiger partial charge in [-0.05, 0) is 31.5 Å². The molecule has 1 aliphatic rings. The third-order valence-electron chi connectivity index (χ3n) is 3.19. The second kappa shape index (κ2) is 6.11. The molecule has 0 bridgehead atoms. The minimum atomic E-state index is -0.205. The summed E-state index contributed by atoms with van der Waals surface area (Å²) in [4.78, 5) is 12.2. The number of amides is 1. The van der Waals surface area contributed by atoms with Crippen LogP contribution in [-0.2, 0) is 9.53 Å². The molecule has 0 radical (unpaired) electrons. The monoisotopic (exact) mass is 297 g/mol. The molecule has 6 nitrogen and oxygen atoms in total. The average molecular weight is 298 g/mol. The molecule has 108 valence electrons. The van der Waals surface area contributed by atoms with Crippen molar-refractivity contribution in [2.24, 2.45) is 16.8 Å². The number of carbonyl (C=O) groups excluding carboxylic acids is 1.